The van der Waals surface area contributed by atoms with E-state index >= 15 is 0 Å². The van der Waals surface area contributed by atoms with E-state index in [9.17, 15) is 9.59 Å². The number of carbonyl (C=O) groups excluding carboxylic acids is 2. The molecule has 0 saturated carbocycles. The van der Waals surface area contributed by atoms with Crippen LogP contribution in [0.3, 0.4) is 0 Å². The van der Waals surface area contributed by atoms with Crippen LogP contribution in [0.1, 0.15) is 53.9 Å². The summed E-state index contributed by atoms with van der Waals surface area (Å²) in [7, 11) is 1.46. The first-order chi connectivity index (χ1) is 7.37. The zero-order valence-electron chi connectivity index (χ0n) is 11.1. The van der Waals surface area contributed by atoms with Crippen molar-refractivity contribution < 1.29 is 9.59 Å². The maximum absolute atomic E-state index is 11.6. The predicted octanol–water partition coefficient (Wildman–Crippen LogP) is 1.92. The maximum atomic E-state index is 11.6. The molecule has 0 rings (SSSR count). The lowest BCUT2D eigenvalue weighted by Gasteiger charge is -2.27. The van der Waals surface area contributed by atoms with Gasteiger partial charge in [0.15, 0.2) is 0 Å². The van der Waals surface area contributed by atoms with E-state index in [-0.39, 0.29) is 17.4 Å². The number of hydrogen-bond donors (Lipinski definition) is 1. The minimum atomic E-state index is -0.599. The first-order valence-electron chi connectivity index (χ1n) is 6.03. The van der Waals surface area contributed by atoms with E-state index < -0.39 is 5.54 Å². The Morgan fingerprint density at radius 2 is 1.94 bits per heavy atom. The van der Waals surface area contributed by atoms with Crippen molar-refractivity contribution in [3.8, 4) is 0 Å². The summed E-state index contributed by atoms with van der Waals surface area (Å²) >= 11 is 0. The highest BCUT2D eigenvalue weighted by Gasteiger charge is 2.29. The smallest absolute Gasteiger partial charge is 0.296 e. The van der Waals surface area contributed by atoms with Gasteiger partial charge in [0.1, 0.15) is 11.5 Å². The summed E-state index contributed by atoms with van der Waals surface area (Å²) in [4.78, 5) is 23.1. The molecule has 16 heavy (non-hydrogen) atoms. The number of nitrogens with one attached hydrogen (secondary N) is 1. The second-order valence-electron chi connectivity index (χ2n) is 4.64. The zero-order valence-corrected chi connectivity index (χ0v) is 11.1. The molecule has 0 bridgehead atoms. The lowest BCUT2D eigenvalue weighted by atomic mass is 9.74. The topological polar surface area (TPSA) is 46.2 Å². The monoisotopic (exact) mass is 224 g/mol. The van der Waals surface area contributed by atoms with E-state index in [1.54, 1.807) is 6.92 Å². The van der Waals surface area contributed by atoms with Gasteiger partial charge >= 0.3 is 0 Å². The Morgan fingerprint density at radius 3 is 2.31 bits per heavy atom. The van der Waals surface area contributed by atoms with E-state index in [2.05, 4.69) is 5.23 Å². The number of Topliss-reactive ketones (excluding diaryl/α,β-unsaturated/α-hetero) is 1. The van der Waals surface area contributed by atoms with Gasteiger partial charge in [-0.25, -0.2) is 0 Å². The summed E-state index contributed by atoms with van der Waals surface area (Å²) in [6.45, 7) is 9.31. The van der Waals surface area contributed by atoms with E-state index in [4.69, 9.17) is 0 Å². The Balaban J connectivity index is 4.33. The molecule has 0 aromatic rings. The van der Waals surface area contributed by atoms with E-state index in [1.165, 1.54) is 7.41 Å². The summed E-state index contributed by atoms with van der Waals surface area (Å²) in [6.07, 6.45) is 2.47. The third-order valence-corrected chi connectivity index (χ3v) is 3.16. The van der Waals surface area contributed by atoms with Crippen LogP contribution in [0.15, 0.2) is 0 Å². The molecule has 0 aliphatic heterocycles. The molecule has 0 aromatic heterocycles. The molecule has 0 spiro atoms. The van der Waals surface area contributed by atoms with Gasteiger partial charge < -0.3 is 10.0 Å². The van der Waals surface area contributed by atoms with Crippen LogP contribution in [0.5, 0.6) is 0 Å². The van der Waals surface area contributed by atoms with Gasteiger partial charge in [-0.2, -0.15) is 0 Å². The highest BCUT2D eigenvalue weighted by Crippen LogP contribution is 2.13. The fraction of sp³-hybridized carbons (Fsp3) is 0.833. The molecule has 0 heterocycles. The minimum absolute atomic E-state index is 0.0188. The maximum Gasteiger partial charge on any atom is 0.296 e. The van der Waals surface area contributed by atoms with Gasteiger partial charge in [0.05, 0.1) is 5.54 Å². The first-order valence-corrected chi connectivity index (χ1v) is 6.03. The first kappa shape index (κ1) is 15.4. The largest absolute Gasteiger partial charge is 0.342 e. The van der Waals surface area contributed by atoms with Crippen LogP contribution < -0.4 is 5.23 Å². The standard InChI is InChI=1S/C12H23BNO2/c1-6-8-12(5,10(4)15)14-13-11(16)9(3)7-2/h9,14H,6-8H2,1-5H3. The molecule has 0 amide bonds. The van der Waals surface area contributed by atoms with E-state index in [1.807, 2.05) is 27.7 Å². The molecule has 2 atom stereocenters. The molecule has 1 N–H and O–H groups in total. The Labute approximate surface area is 99.6 Å². The normalized spacial score (nSPS) is 16.3. The fourth-order valence-corrected chi connectivity index (χ4v) is 1.42. The van der Waals surface area contributed by atoms with Crippen molar-refractivity contribution in [1.29, 1.82) is 0 Å². The Hall–Kier alpha value is -0.635. The molecule has 0 aromatic carbocycles. The minimum Gasteiger partial charge on any atom is -0.342 e. The molecule has 0 fully saturated rings. The van der Waals surface area contributed by atoms with Gasteiger partial charge in [0.2, 0.25) is 0 Å². The van der Waals surface area contributed by atoms with Crippen molar-refractivity contribution in [2.75, 3.05) is 0 Å². The number of hydrogen-bond acceptors (Lipinski definition) is 3. The quantitative estimate of drug-likeness (QED) is 0.640. The summed E-state index contributed by atoms with van der Waals surface area (Å²) < 4.78 is 0. The van der Waals surface area contributed by atoms with Gasteiger partial charge in [-0.1, -0.05) is 27.2 Å². The number of rotatable bonds is 8. The molecule has 0 aliphatic carbocycles. The van der Waals surface area contributed by atoms with Crippen molar-refractivity contribution >= 4 is 18.9 Å². The molecular weight excluding hydrogens is 201 g/mol. The molecule has 0 saturated heterocycles. The Bertz CT molecular complexity index is 255. The van der Waals surface area contributed by atoms with E-state index in [0.29, 0.717) is 0 Å². The average Bonchev–Trinajstić information content (AvgIpc) is 2.24. The highest BCUT2D eigenvalue weighted by molar-refractivity contribution is 6.72. The van der Waals surface area contributed by atoms with Crippen LogP contribution in [0.4, 0.5) is 0 Å². The van der Waals surface area contributed by atoms with Crippen molar-refractivity contribution in [2.45, 2.75) is 59.4 Å². The van der Waals surface area contributed by atoms with Crippen LogP contribution in [0.25, 0.3) is 0 Å². The zero-order chi connectivity index (χ0) is 12.8. The Kier molecular flexibility index (Phi) is 6.57. The lowest BCUT2D eigenvalue weighted by Crippen LogP contribution is -2.52. The van der Waals surface area contributed by atoms with Gasteiger partial charge in [-0.15, -0.1) is 0 Å². The van der Waals surface area contributed by atoms with Crippen LogP contribution in [0.2, 0.25) is 0 Å². The fourth-order valence-electron chi connectivity index (χ4n) is 1.42. The molecule has 91 valence electrons. The number of ketones is 1. The predicted molar refractivity (Wildman–Crippen MR) is 67.3 cm³/mol. The molecule has 0 aliphatic rings. The second-order valence-corrected chi connectivity index (χ2v) is 4.64. The van der Waals surface area contributed by atoms with Gasteiger partial charge in [0.25, 0.3) is 7.41 Å². The summed E-state index contributed by atoms with van der Waals surface area (Å²) in [5.74, 6) is 0.0906. The third-order valence-electron chi connectivity index (χ3n) is 3.16. The van der Waals surface area contributed by atoms with E-state index in [0.717, 1.165) is 19.3 Å². The van der Waals surface area contributed by atoms with Crippen LogP contribution in [0, 0.1) is 5.92 Å². The SMILES string of the molecule is CCCC(C)(N[B]C(=O)C(C)CC)C(C)=O. The van der Waals surface area contributed by atoms with Crippen molar-refractivity contribution in [2.24, 2.45) is 5.92 Å². The Morgan fingerprint density at radius 1 is 1.38 bits per heavy atom. The molecule has 4 heteroatoms. The van der Waals surface area contributed by atoms with Crippen molar-refractivity contribution in [3.63, 3.8) is 0 Å². The molecule has 3 nitrogen and oxygen atoms in total. The lowest BCUT2D eigenvalue weighted by molar-refractivity contribution is -0.122. The van der Waals surface area contributed by atoms with Crippen molar-refractivity contribution in [1.82, 2.24) is 5.23 Å². The van der Waals surface area contributed by atoms with Crippen LogP contribution in [-0.4, -0.2) is 24.4 Å². The summed E-state index contributed by atoms with van der Waals surface area (Å²) in [6, 6.07) is 0. The summed E-state index contributed by atoms with van der Waals surface area (Å²) in [5.41, 5.74) is -0.538. The van der Waals surface area contributed by atoms with Crippen LogP contribution in [-0.2, 0) is 9.59 Å². The van der Waals surface area contributed by atoms with Crippen LogP contribution >= 0.6 is 0 Å². The van der Waals surface area contributed by atoms with Crippen molar-refractivity contribution in [3.05, 3.63) is 0 Å². The molecular formula is C12H23BNO2. The summed E-state index contributed by atoms with van der Waals surface area (Å²) in [5, 5.41) is 2.99. The second kappa shape index (κ2) is 6.84. The highest BCUT2D eigenvalue weighted by atomic mass is 16.1. The average molecular weight is 224 g/mol. The van der Waals surface area contributed by atoms with Gasteiger partial charge in [0, 0.05) is 5.92 Å². The third kappa shape index (κ3) is 4.48. The molecule has 2 unspecified atom stereocenters. The molecule has 1 radical (unpaired) electrons. The number of carbonyl (C=O) groups is 2. The van der Waals surface area contributed by atoms with Gasteiger partial charge in [-0.05, 0) is 26.7 Å². The van der Waals surface area contributed by atoms with Gasteiger partial charge in [-0.3, -0.25) is 4.79 Å².